The lowest BCUT2D eigenvalue weighted by Gasteiger charge is -2.24. The van der Waals surface area contributed by atoms with Crippen molar-refractivity contribution < 1.29 is 13.2 Å². The van der Waals surface area contributed by atoms with E-state index in [0.29, 0.717) is 24.5 Å². The SMILES string of the molecule is Cc1cc(NC(=O)Cn2nnc(-c3ccccc3)n2)n(C2CCS(=O)(=O)CC2)n1. The molecular formula is C18H21N7O3S. The Labute approximate surface area is 167 Å². The van der Waals surface area contributed by atoms with Crippen LogP contribution in [-0.4, -0.2) is 55.8 Å². The molecule has 1 amide bonds. The van der Waals surface area contributed by atoms with Crippen molar-refractivity contribution in [3.63, 3.8) is 0 Å². The average molecular weight is 415 g/mol. The molecule has 11 heteroatoms. The number of sulfone groups is 1. The Morgan fingerprint density at radius 1 is 1.17 bits per heavy atom. The number of carbonyl (C=O) groups is 1. The van der Waals surface area contributed by atoms with Crippen LogP contribution in [0.15, 0.2) is 36.4 Å². The van der Waals surface area contributed by atoms with Crippen LogP contribution in [0.5, 0.6) is 0 Å². The number of rotatable bonds is 5. The first-order chi connectivity index (χ1) is 13.9. The number of anilines is 1. The maximum atomic E-state index is 12.5. The van der Waals surface area contributed by atoms with Crippen LogP contribution in [0.1, 0.15) is 24.6 Å². The van der Waals surface area contributed by atoms with Crippen LogP contribution in [-0.2, 0) is 21.2 Å². The quantitative estimate of drug-likeness (QED) is 0.664. The molecule has 0 unspecified atom stereocenters. The number of aromatic nitrogens is 6. The first-order valence-corrected chi connectivity index (χ1v) is 11.1. The van der Waals surface area contributed by atoms with E-state index in [1.165, 1.54) is 4.80 Å². The van der Waals surface area contributed by atoms with Gasteiger partial charge in [-0.25, -0.2) is 13.1 Å². The zero-order valence-electron chi connectivity index (χ0n) is 15.9. The van der Waals surface area contributed by atoms with Crippen LogP contribution >= 0.6 is 0 Å². The molecule has 0 aliphatic carbocycles. The highest BCUT2D eigenvalue weighted by molar-refractivity contribution is 7.91. The van der Waals surface area contributed by atoms with Crippen molar-refractivity contribution in [1.82, 2.24) is 30.0 Å². The van der Waals surface area contributed by atoms with Gasteiger partial charge in [-0.3, -0.25) is 4.79 Å². The molecule has 0 saturated carbocycles. The molecule has 152 valence electrons. The van der Waals surface area contributed by atoms with Gasteiger partial charge in [-0.05, 0) is 25.0 Å². The van der Waals surface area contributed by atoms with E-state index >= 15 is 0 Å². The average Bonchev–Trinajstić information content (AvgIpc) is 3.29. The van der Waals surface area contributed by atoms with E-state index in [1.807, 2.05) is 37.3 Å². The van der Waals surface area contributed by atoms with Crippen molar-refractivity contribution >= 4 is 21.6 Å². The first-order valence-electron chi connectivity index (χ1n) is 9.29. The van der Waals surface area contributed by atoms with E-state index in [-0.39, 0.29) is 30.0 Å². The topological polar surface area (TPSA) is 125 Å². The highest BCUT2D eigenvalue weighted by Gasteiger charge is 2.27. The van der Waals surface area contributed by atoms with Gasteiger partial charge in [0.05, 0.1) is 23.2 Å². The van der Waals surface area contributed by atoms with Gasteiger partial charge in [0.25, 0.3) is 0 Å². The van der Waals surface area contributed by atoms with Gasteiger partial charge in [0, 0.05) is 11.6 Å². The van der Waals surface area contributed by atoms with Crippen molar-refractivity contribution in [3.05, 3.63) is 42.1 Å². The molecule has 29 heavy (non-hydrogen) atoms. The summed E-state index contributed by atoms with van der Waals surface area (Å²) in [6, 6.07) is 11.1. The van der Waals surface area contributed by atoms with Crippen LogP contribution in [0.25, 0.3) is 11.4 Å². The minimum absolute atomic E-state index is 0.0586. The summed E-state index contributed by atoms with van der Waals surface area (Å²) in [4.78, 5) is 13.7. The maximum absolute atomic E-state index is 12.5. The zero-order valence-corrected chi connectivity index (χ0v) is 16.7. The van der Waals surface area contributed by atoms with E-state index < -0.39 is 9.84 Å². The lowest BCUT2D eigenvalue weighted by atomic mass is 10.1. The molecule has 3 heterocycles. The third-order valence-corrected chi connectivity index (χ3v) is 6.48. The Bertz CT molecular complexity index is 1110. The Kier molecular flexibility index (Phi) is 5.14. The number of nitrogens with zero attached hydrogens (tertiary/aromatic N) is 6. The normalized spacial score (nSPS) is 16.6. The molecular weight excluding hydrogens is 394 g/mol. The summed E-state index contributed by atoms with van der Waals surface area (Å²) >= 11 is 0. The molecule has 0 atom stereocenters. The second-order valence-corrected chi connectivity index (χ2v) is 9.36. The van der Waals surface area contributed by atoms with Gasteiger partial charge in [-0.2, -0.15) is 9.90 Å². The number of tetrazole rings is 1. The molecule has 1 aliphatic rings. The summed E-state index contributed by atoms with van der Waals surface area (Å²) in [6.07, 6.45) is 0.967. The first kappa shape index (κ1) is 19.2. The van der Waals surface area contributed by atoms with Crippen LogP contribution in [0.2, 0.25) is 0 Å². The van der Waals surface area contributed by atoms with E-state index in [2.05, 4.69) is 25.8 Å². The monoisotopic (exact) mass is 415 g/mol. The fraction of sp³-hybridized carbons (Fsp3) is 0.389. The summed E-state index contributed by atoms with van der Waals surface area (Å²) in [5, 5.41) is 19.4. The number of aryl methyl sites for hydroxylation is 1. The second kappa shape index (κ2) is 7.74. The molecule has 10 nitrogen and oxygen atoms in total. The predicted molar refractivity (Wildman–Crippen MR) is 106 cm³/mol. The molecule has 1 fully saturated rings. The molecule has 1 saturated heterocycles. The van der Waals surface area contributed by atoms with Crippen molar-refractivity contribution in [2.24, 2.45) is 0 Å². The van der Waals surface area contributed by atoms with Gasteiger partial charge in [0.15, 0.2) is 0 Å². The van der Waals surface area contributed by atoms with Crippen molar-refractivity contribution in [2.75, 3.05) is 16.8 Å². The molecule has 1 aromatic carbocycles. The molecule has 3 aromatic rings. The standard InChI is InChI=1S/C18H21N7O3S/c1-13-11-16(25(21-13)15-7-9-29(27,28)10-8-15)19-17(26)12-24-22-18(20-23-24)14-5-3-2-4-6-14/h2-6,11,15H,7-10,12H2,1H3,(H,19,26). The summed E-state index contributed by atoms with van der Waals surface area (Å²) < 4.78 is 25.1. The Morgan fingerprint density at radius 2 is 1.90 bits per heavy atom. The van der Waals surface area contributed by atoms with Crippen molar-refractivity contribution in [1.29, 1.82) is 0 Å². The molecule has 2 aromatic heterocycles. The summed E-state index contributed by atoms with van der Waals surface area (Å²) in [5.74, 6) is 0.944. The van der Waals surface area contributed by atoms with E-state index in [9.17, 15) is 13.2 Å². The highest BCUT2D eigenvalue weighted by atomic mass is 32.2. The Morgan fingerprint density at radius 3 is 2.62 bits per heavy atom. The fourth-order valence-corrected chi connectivity index (χ4v) is 4.80. The minimum atomic E-state index is -2.97. The summed E-state index contributed by atoms with van der Waals surface area (Å²) in [7, 11) is -2.97. The molecule has 4 rings (SSSR count). The van der Waals surface area contributed by atoms with Crippen LogP contribution in [0.3, 0.4) is 0 Å². The van der Waals surface area contributed by atoms with Crippen LogP contribution in [0.4, 0.5) is 5.82 Å². The fourth-order valence-electron chi connectivity index (χ4n) is 3.33. The summed E-state index contributed by atoms with van der Waals surface area (Å²) in [5.41, 5.74) is 1.57. The highest BCUT2D eigenvalue weighted by Crippen LogP contribution is 2.27. The molecule has 0 bridgehead atoms. The third-order valence-electron chi connectivity index (χ3n) is 4.77. The van der Waals surface area contributed by atoms with Crippen molar-refractivity contribution in [3.8, 4) is 11.4 Å². The van der Waals surface area contributed by atoms with Crippen LogP contribution < -0.4 is 5.32 Å². The summed E-state index contributed by atoms with van der Waals surface area (Å²) in [6.45, 7) is 1.74. The Hall–Kier alpha value is -3.08. The molecule has 0 radical (unpaired) electrons. The Balaban J connectivity index is 1.44. The van der Waals surface area contributed by atoms with E-state index in [1.54, 1.807) is 10.7 Å². The minimum Gasteiger partial charge on any atom is -0.309 e. The number of amides is 1. The lowest BCUT2D eigenvalue weighted by Crippen LogP contribution is -2.28. The molecule has 0 spiro atoms. The van der Waals surface area contributed by atoms with Crippen molar-refractivity contribution in [2.45, 2.75) is 32.4 Å². The van der Waals surface area contributed by atoms with Gasteiger partial charge in [0.2, 0.25) is 11.7 Å². The number of benzene rings is 1. The molecule has 1 aliphatic heterocycles. The third kappa shape index (κ3) is 4.50. The van der Waals surface area contributed by atoms with Gasteiger partial charge >= 0.3 is 0 Å². The number of hydrogen-bond donors (Lipinski definition) is 1. The lowest BCUT2D eigenvalue weighted by molar-refractivity contribution is -0.117. The van der Waals surface area contributed by atoms with Crippen LogP contribution in [0, 0.1) is 6.92 Å². The zero-order chi connectivity index (χ0) is 20.4. The number of nitrogens with one attached hydrogen (secondary N) is 1. The van der Waals surface area contributed by atoms with Gasteiger partial charge < -0.3 is 5.32 Å². The second-order valence-electron chi connectivity index (χ2n) is 7.06. The van der Waals surface area contributed by atoms with E-state index in [4.69, 9.17) is 0 Å². The number of hydrogen-bond acceptors (Lipinski definition) is 7. The smallest absolute Gasteiger partial charge is 0.249 e. The molecule has 1 N–H and O–H groups in total. The number of carbonyl (C=O) groups excluding carboxylic acids is 1. The van der Waals surface area contributed by atoms with Gasteiger partial charge in [-0.1, -0.05) is 30.3 Å². The predicted octanol–water partition coefficient (Wildman–Crippen LogP) is 1.23. The van der Waals surface area contributed by atoms with Gasteiger partial charge in [-0.15, -0.1) is 10.2 Å². The van der Waals surface area contributed by atoms with Gasteiger partial charge in [0.1, 0.15) is 22.2 Å². The van der Waals surface area contributed by atoms with E-state index in [0.717, 1.165) is 11.3 Å². The largest absolute Gasteiger partial charge is 0.309 e. The maximum Gasteiger partial charge on any atom is 0.249 e.